The molecule has 2 rings (SSSR count). The molecule has 2 N–H and O–H groups in total. The van der Waals surface area contributed by atoms with E-state index in [2.05, 4.69) is 20.3 Å². The molecular formula is C9H12N6. The Labute approximate surface area is 87.2 Å². The van der Waals surface area contributed by atoms with Gasteiger partial charge in [-0.3, -0.25) is 0 Å². The maximum Gasteiger partial charge on any atom is 0.177 e. The van der Waals surface area contributed by atoms with Crippen molar-refractivity contribution in [2.45, 2.75) is 20.4 Å². The van der Waals surface area contributed by atoms with Crippen molar-refractivity contribution in [1.29, 1.82) is 0 Å². The fraction of sp³-hybridized carbons (Fsp3) is 0.333. The van der Waals surface area contributed by atoms with Gasteiger partial charge in [0.2, 0.25) is 0 Å². The highest BCUT2D eigenvalue weighted by Crippen LogP contribution is 2.05. The van der Waals surface area contributed by atoms with E-state index in [1.54, 1.807) is 4.68 Å². The van der Waals surface area contributed by atoms with Crippen LogP contribution in [0.15, 0.2) is 12.1 Å². The summed E-state index contributed by atoms with van der Waals surface area (Å²) in [5, 5.41) is 12.2. The zero-order valence-electron chi connectivity index (χ0n) is 8.68. The lowest BCUT2D eigenvalue weighted by atomic mass is 10.4. The third-order valence-electron chi connectivity index (χ3n) is 2.01. The van der Waals surface area contributed by atoms with Crippen LogP contribution in [-0.4, -0.2) is 25.0 Å². The summed E-state index contributed by atoms with van der Waals surface area (Å²) < 4.78 is 1.66. The SMILES string of the molecule is Cc1nc(C)n(-c2ccc(CN)nn2)n1. The number of hydrogen-bond acceptors (Lipinski definition) is 5. The van der Waals surface area contributed by atoms with Gasteiger partial charge in [0.05, 0.1) is 5.69 Å². The molecule has 2 heterocycles. The highest BCUT2D eigenvalue weighted by Gasteiger charge is 2.06. The zero-order chi connectivity index (χ0) is 10.8. The molecule has 0 spiro atoms. The van der Waals surface area contributed by atoms with Crippen molar-refractivity contribution in [3.8, 4) is 5.82 Å². The van der Waals surface area contributed by atoms with Gasteiger partial charge >= 0.3 is 0 Å². The van der Waals surface area contributed by atoms with Gasteiger partial charge in [-0.25, -0.2) is 4.98 Å². The Bertz CT molecular complexity index is 458. The van der Waals surface area contributed by atoms with Crippen molar-refractivity contribution < 1.29 is 0 Å². The van der Waals surface area contributed by atoms with E-state index in [9.17, 15) is 0 Å². The Balaban J connectivity index is 2.41. The van der Waals surface area contributed by atoms with Gasteiger partial charge in [-0.05, 0) is 26.0 Å². The lowest BCUT2D eigenvalue weighted by molar-refractivity contribution is 0.765. The third-order valence-corrected chi connectivity index (χ3v) is 2.01. The Hall–Kier alpha value is -1.82. The van der Waals surface area contributed by atoms with Crippen molar-refractivity contribution in [2.24, 2.45) is 5.73 Å². The molecule has 6 nitrogen and oxygen atoms in total. The predicted molar refractivity (Wildman–Crippen MR) is 54.3 cm³/mol. The quantitative estimate of drug-likeness (QED) is 0.752. The first-order valence-corrected chi connectivity index (χ1v) is 4.64. The molecule has 0 bridgehead atoms. The molecule has 0 saturated heterocycles. The average molecular weight is 204 g/mol. The van der Waals surface area contributed by atoms with Gasteiger partial charge in [-0.2, -0.15) is 9.78 Å². The Morgan fingerprint density at radius 3 is 2.53 bits per heavy atom. The number of aryl methyl sites for hydroxylation is 2. The lowest BCUT2D eigenvalue weighted by Crippen LogP contribution is -2.06. The molecule has 78 valence electrons. The predicted octanol–water partition coefficient (Wildman–Crippen LogP) is 0.133. The lowest BCUT2D eigenvalue weighted by Gasteiger charge is -2.01. The Morgan fingerprint density at radius 1 is 1.27 bits per heavy atom. The normalized spacial score (nSPS) is 10.6. The second-order valence-electron chi connectivity index (χ2n) is 3.21. The first kappa shape index (κ1) is 9.72. The molecule has 0 aliphatic rings. The molecule has 2 aromatic rings. The highest BCUT2D eigenvalue weighted by atomic mass is 15.4. The third kappa shape index (κ3) is 1.84. The molecule has 0 fully saturated rings. The fourth-order valence-electron chi connectivity index (χ4n) is 1.31. The first-order valence-electron chi connectivity index (χ1n) is 4.64. The van der Waals surface area contributed by atoms with Crippen molar-refractivity contribution in [3.05, 3.63) is 29.5 Å². The van der Waals surface area contributed by atoms with Crippen LogP contribution in [0.4, 0.5) is 0 Å². The molecule has 0 aliphatic carbocycles. The van der Waals surface area contributed by atoms with Crippen molar-refractivity contribution in [2.75, 3.05) is 0 Å². The Morgan fingerprint density at radius 2 is 2.07 bits per heavy atom. The van der Waals surface area contributed by atoms with Crippen molar-refractivity contribution in [1.82, 2.24) is 25.0 Å². The summed E-state index contributed by atoms with van der Waals surface area (Å²) in [5.41, 5.74) is 6.19. The second kappa shape index (κ2) is 3.74. The molecule has 0 atom stereocenters. The molecule has 6 heteroatoms. The summed E-state index contributed by atoms with van der Waals surface area (Å²) in [7, 11) is 0. The van der Waals surface area contributed by atoms with E-state index in [1.165, 1.54) is 0 Å². The van der Waals surface area contributed by atoms with Crippen LogP contribution < -0.4 is 5.73 Å². The van der Waals surface area contributed by atoms with E-state index in [4.69, 9.17) is 5.73 Å². The number of hydrogen-bond donors (Lipinski definition) is 1. The molecule has 0 aromatic carbocycles. The smallest absolute Gasteiger partial charge is 0.177 e. The van der Waals surface area contributed by atoms with E-state index in [0.29, 0.717) is 12.4 Å². The second-order valence-corrected chi connectivity index (χ2v) is 3.21. The molecule has 0 amide bonds. The van der Waals surface area contributed by atoms with Gasteiger partial charge in [0, 0.05) is 6.54 Å². The van der Waals surface area contributed by atoms with Crippen LogP contribution in [0.3, 0.4) is 0 Å². The van der Waals surface area contributed by atoms with Crippen LogP contribution in [-0.2, 0) is 6.54 Å². The minimum atomic E-state index is 0.392. The molecule has 0 saturated carbocycles. The molecule has 15 heavy (non-hydrogen) atoms. The van der Waals surface area contributed by atoms with Crippen LogP contribution in [0.2, 0.25) is 0 Å². The Kier molecular flexibility index (Phi) is 2.42. The van der Waals surface area contributed by atoms with E-state index < -0.39 is 0 Å². The number of aromatic nitrogens is 5. The number of nitrogens with zero attached hydrogens (tertiary/aromatic N) is 5. The fourth-order valence-corrected chi connectivity index (χ4v) is 1.31. The summed E-state index contributed by atoms with van der Waals surface area (Å²) in [6.07, 6.45) is 0. The largest absolute Gasteiger partial charge is 0.325 e. The van der Waals surface area contributed by atoms with E-state index in [-0.39, 0.29) is 0 Å². The summed E-state index contributed by atoms with van der Waals surface area (Å²) in [4.78, 5) is 4.19. The number of rotatable bonds is 2. The summed E-state index contributed by atoms with van der Waals surface area (Å²) in [5.74, 6) is 2.17. The maximum atomic E-state index is 5.44. The standard InChI is InChI=1S/C9H12N6/c1-6-11-7(2)15(14-6)9-4-3-8(5-10)12-13-9/h3-4H,5,10H2,1-2H3. The molecule has 0 aliphatic heterocycles. The minimum Gasteiger partial charge on any atom is -0.325 e. The van der Waals surface area contributed by atoms with Gasteiger partial charge in [0.25, 0.3) is 0 Å². The van der Waals surface area contributed by atoms with Gasteiger partial charge < -0.3 is 5.73 Å². The van der Waals surface area contributed by atoms with Crippen LogP contribution in [0.25, 0.3) is 5.82 Å². The van der Waals surface area contributed by atoms with Crippen LogP contribution >= 0.6 is 0 Å². The molecule has 2 aromatic heterocycles. The molecular weight excluding hydrogens is 192 g/mol. The zero-order valence-corrected chi connectivity index (χ0v) is 8.68. The van der Waals surface area contributed by atoms with Crippen LogP contribution in [0.1, 0.15) is 17.3 Å². The average Bonchev–Trinajstić information content (AvgIpc) is 2.58. The van der Waals surface area contributed by atoms with Gasteiger partial charge in [-0.1, -0.05) is 0 Å². The van der Waals surface area contributed by atoms with E-state index in [0.717, 1.165) is 17.3 Å². The van der Waals surface area contributed by atoms with Crippen molar-refractivity contribution in [3.63, 3.8) is 0 Å². The van der Waals surface area contributed by atoms with E-state index >= 15 is 0 Å². The number of nitrogens with two attached hydrogens (primary N) is 1. The summed E-state index contributed by atoms with van der Waals surface area (Å²) in [6.45, 7) is 4.10. The van der Waals surface area contributed by atoms with Crippen molar-refractivity contribution >= 4 is 0 Å². The van der Waals surface area contributed by atoms with Crippen LogP contribution in [0.5, 0.6) is 0 Å². The summed E-state index contributed by atoms with van der Waals surface area (Å²) >= 11 is 0. The van der Waals surface area contributed by atoms with Crippen LogP contribution in [0, 0.1) is 13.8 Å². The van der Waals surface area contributed by atoms with Gasteiger partial charge in [0.1, 0.15) is 11.6 Å². The minimum absolute atomic E-state index is 0.392. The van der Waals surface area contributed by atoms with Gasteiger partial charge in [0.15, 0.2) is 5.82 Å². The monoisotopic (exact) mass is 204 g/mol. The van der Waals surface area contributed by atoms with E-state index in [1.807, 2.05) is 26.0 Å². The van der Waals surface area contributed by atoms with Gasteiger partial charge in [-0.15, -0.1) is 10.2 Å². The molecule has 0 radical (unpaired) electrons. The maximum absolute atomic E-state index is 5.44. The summed E-state index contributed by atoms with van der Waals surface area (Å²) in [6, 6.07) is 3.66. The highest BCUT2D eigenvalue weighted by molar-refractivity contribution is 5.21. The molecule has 0 unspecified atom stereocenters. The first-order chi connectivity index (χ1) is 7.20. The topological polar surface area (TPSA) is 82.5 Å².